The van der Waals surface area contributed by atoms with Gasteiger partial charge in [-0.2, -0.15) is 0 Å². The van der Waals surface area contributed by atoms with Gasteiger partial charge >= 0.3 is 0 Å². The van der Waals surface area contributed by atoms with Gasteiger partial charge in [-0.1, -0.05) is 0 Å². The van der Waals surface area contributed by atoms with Crippen LogP contribution in [0.1, 0.15) is 6.42 Å². The Morgan fingerprint density at radius 1 is 1.71 bits per heavy atom. The molecule has 1 saturated heterocycles. The van der Waals surface area contributed by atoms with E-state index < -0.39 is 0 Å². The topological polar surface area (TPSA) is 26.3 Å². The predicted octanol–water partition coefficient (Wildman–Crippen LogP) is 0.133. The fourth-order valence-electron chi connectivity index (χ4n) is 0.627. The van der Waals surface area contributed by atoms with Gasteiger partial charge in [0.05, 0.1) is 12.5 Å². The van der Waals surface area contributed by atoms with E-state index in [0.717, 1.165) is 13.0 Å². The molecule has 0 N–H and O–H groups in total. The molecule has 1 radical (unpaired) electrons. The highest BCUT2D eigenvalue weighted by molar-refractivity contribution is 5.54. The summed E-state index contributed by atoms with van der Waals surface area (Å²) in [6.45, 7) is 1.32. The molecule has 1 aliphatic rings. The van der Waals surface area contributed by atoms with Crippen LogP contribution in [0.15, 0.2) is 0 Å². The first-order valence-electron chi connectivity index (χ1n) is 2.39. The van der Waals surface area contributed by atoms with Crippen molar-refractivity contribution in [3.8, 4) is 0 Å². The Balaban J connectivity index is 2.26. The van der Waals surface area contributed by atoms with Gasteiger partial charge in [-0.25, -0.2) is 0 Å². The van der Waals surface area contributed by atoms with Crippen molar-refractivity contribution in [3.05, 3.63) is 0 Å². The molecule has 0 bridgehead atoms. The monoisotopic (exact) mass is 99.0 g/mol. The molecule has 0 amide bonds. The van der Waals surface area contributed by atoms with Crippen molar-refractivity contribution >= 4 is 6.29 Å². The van der Waals surface area contributed by atoms with Crippen LogP contribution in [0.2, 0.25) is 0 Å². The van der Waals surface area contributed by atoms with Crippen molar-refractivity contribution < 1.29 is 9.53 Å². The van der Waals surface area contributed by atoms with Crippen LogP contribution in [-0.4, -0.2) is 19.5 Å². The Morgan fingerprint density at radius 3 is 2.86 bits per heavy atom. The fourth-order valence-corrected chi connectivity index (χ4v) is 0.627. The van der Waals surface area contributed by atoms with Gasteiger partial charge in [-0.3, -0.25) is 4.79 Å². The first-order valence-corrected chi connectivity index (χ1v) is 2.39. The number of hydrogen-bond donors (Lipinski definition) is 0. The van der Waals surface area contributed by atoms with E-state index in [1.165, 1.54) is 0 Å². The van der Waals surface area contributed by atoms with Crippen LogP contribution in [0, 0.1) is 5.92 Å². The molecule has 0 aliphatic carbocycles. The molecule has 0 aromatic heterocycles. The standard InChI is InChI=1S/C5H7O2/c6-3-5-1-2-7-4-5/h5H,1-2,4H2. The SMILES string of the molecule is O=[C]C1CCOC1. The molecule has 0 saturated carbocycles. The van der Waals surface area contributed by atoms with E-state index in [9.17, 15) is 4.79 Å². The Morgan fingerprint density at radius 2 is 2.57 bits per heavy atom. The van der Waals surface area contributed by atoms with Crippen molar-refractivity contribution in [1.29, 1.82) is 0 Å². The van der Waals surface area contributed by atoms with Gasteiger partial charge in [-0.15, -0.1) is 0 Å². The van der Waals surface area contributed by atoms with Crippen molar-refractivity contribution in [1.82, 2.24) is 0 Å². The van der Waals surface area contributed by atoms with Crippen molar-refractivity contribution in [2.75, 3.05) is 13.2 Å². The summed E-state index contributed by atoms with van der Waals surface area (Å²) in [5, 5.41) is 0. The summed E-state index contributed by atoms with van der Waals surface area (Å²) >= 11 is 0. The Labute approximate surface area is 42.5 Å². The first kappa shape index (κ1) is 4.78. The van der Waals surface area contributed by atoms with E-state index in [4.69, 9.17) is 4.74 Å². The summed E-state index contributed by atoms with van der Waals surface area (Å²) in [4.78, 5) is 9.80. The number of hydrogen-bond acceptors (Lipinski definition) is 2. The minimum absolute atomic E-state index is 0.0694. The minimum atomic E-state index is 0.0694. The number of rotatable bonds is 1. The highest BCUT2D eigenvalue weighted by atomic mass is 16.5. The van der Waals surface area contributed by atoms with Crippen molar-refractivity contribution in [3.63, 3.8) is 0 Å². The third kappa shape index (κ3) is 0.996. The van der Waals surface area contributed by atoms with Gasteiger partial charge < -0.3 is 4.74 Å². The third-order valence-corrected chi connectivity index (χ3v) is 1.10. The summed E-state index contributed by atoms with van der Waals surface area (Å²) in [5.41, 5.74) is 0. The summed E-state index contributed by atoms with van der Waals surface area (Å²) in [7, 11) is 0. The van der Waals surface area contributed by atoms with Crippen molar-refractivity contribution in [2.45, 2.75) is 6.42 Å². The zero-order valence-corrected chi connectivity index (χ0v) is 4.02. The number of carbonyl (C=O) groups excluding carboxylic acids is 1. The normalized spacial score (nSPS) is 30.6. The highest BCUT2D eigenvalue weighted by Gasteiger charge is 2.13. The van der Waals surface area contributed by atoms with Crippen LogP contribution in [0.5, 0.6) is 0 Å². The highest BCUT2D eigenvalue weighted by Crippen LogP contribution is 2.07. The lowest BCUT2D eigenvalue weighted by Gasteiger charge is -1.86. The molecule has 7 heavy (non-hydrogen) atoms. The summed E-state index contributed by atoms with van der Waals surface area (Å²) in [6.07, 6.45) is 2.75. The van der Waals surface area contributed by atoms with E-state index in [0.29, 0.717) is 6.61 Å². The van der Waals surface area contributed by atoms with Crippen molar-refractivity contribution in [2.24, 2.45) is 5.92 Å². The molecule has 39 valence electrons. The summed E-state index contributed by atoms with van der Waals surface area (Å²) < 4.78 is 4.89. The van der Waals surface area contributed by atoms with Gasteiger partial charge in [0, 0.05) is 6.61 Å². The summed E-state index contributed by atoms with van der Waals surface area (Å²) in [5.74, 6) is 0.0694. The van der Waals surface area contributed by atoms with Gasteiger partial charge in [0.2, 0.25) is 6.29 Å². The molecule has 0 aromatic rings. The first-order chi connectivity index (χ1) is 3.43. The minimum Gasteiger partial charge on any atom is -0.381 e. The molecule has 1 heterocycles. The van der Waals surface area contributed by atoms with Crippen LogP contribution in [0.4, 0.5) is 0 Å². The zero-order valence-electron chi connectivity index (χ0n) is 4.02. The molecule has 1 aliphatic heterocycles. The molecule has 1 unspecified atom stereocenters. The lowest BCUT2D eigenvalue weighted by Crippen LogP contribution is -1.98. The maximum Gasteiger partial charge on any atom is 0.204 e. The largest absolute Gasteiger partial charge is 0.381 e. The van der Waals surface area contributed by atoms with Crippen LogP contribution >= 0.6 is 0 Å². The van der Waals surface area contributed by atoms with Gasteiger partial charge in [0.1, 0.15) is 0 Å². The van der Waals surface area contributed by atoms with E-state index in [1.807, 2.05) is 6.29 Å². The maximum absolute atomic E-state index is 9.80. The van der Waals surface area contributed by atoms with E-state index in [2.05, 4.69) is 0 Å². The van der Waals surface area contributed by atoms with Crippen LogP contribution in [-0.2, 0) is 9.53 Å². The fraction of sp³-hybridized carbons (Fsp3) is 0.800. The van der Waals surface area contributed by atoms with E-state index in [1.54, 1.807) is 0 Å². The Hall–Kier alpha value is -0.370. The van der Waals surface area contributed by atoms with Crippen LogP contribution < -0.4 is 0 Å². The Kier molecular flexibility index (Phi) is 1.42. The molecule has 2 nitrogen and oxygen atoms in total. The van der Waals surface area contributed by atoms with E-state index in [-0.39, 0.29) is 5.92 Å². The zero-order chi connectivity index (χ0) is 5.11. The molecule has 1 rings (SSSR count). The second kappa shape index (κ2) is 2.07. The quantitative estimate of drug-likeness (QED) is 0.467. The molecule has 1 atom stereocenters. The Bertz CT molecular complexity index is 64.5. The lowest BCUT2D eigenvalue weighted by molar-refractivity contribution is 0.192. The average Bonchev–Trinajstić information content (AvgIpc) is 2.14. The number of ether oxygens (including phenoxy) is 1. The second-order valence-electron chi connectivity index (χ2n) is 1.68. The van der Waals surface area contributed by atoms with Crippen LogP contribution in [0.3, 0.4) is 0 Å². The molecule has 0 aromatic carbocycles. The predicted molar refractivity (Wildman–Crippen MR) is 24.6 cm³/mol. The smallest absolute Gasteiger partial charge is 0.204 e. The van der Waals surface area contributed by atoms with E-state index >= 15 is 0 Å². The van der Waals surface area contributed by atoms with Gasteiger partial charge in [0.15, 0.2) is 0 Å². The summed E-state index contributed by atoms with van der Waals surface area (Å²) in [6, 6.07) is 0. The molecule has 1 fully saturated rings. The van der Waals surface area contributed by atoms with Gasteiger partial charge in [-0.05, 0) is 6.42 Å². The molecular weight excluding hydrogens is 92.1 g/mol. The maximum atomic E-state index is 9.80. The second-order valence-corrected chi connectivity index (χ2v) is 1.68. The average molecular weight is 99.1 g/mol. The lowest BCUT2D eigenvalue weighted by atomic mass is 10.2. The molecule has 2 heteroatoms. The molecule has 0 spiro atoms. The van der Waals surface area contributed by atoms with Gasteiger partial charge in [0.25, 0.3) is 0 Å². The molecular formula is C5H7O2. The van der Waals surface area contributed by atoms with Crippen LogP contribution in [0.25, 0.3) is 0 Å². The third-order valence-electron chi connectivity index (χ3n) is 1.10.